The van der Waals surface area contributed by atoms with Gasteiger partial charge in [-0.25, -0.2) is 0 Å². The number of aliphatic hydroxyl groups excluding tert-OH is 1. The minimum Gasteiger partial charge on any atom is -0.507 e. The van der Waals surface area contributed by atoms with E-state index in [-0.39, 0.29) is 11.3 Å². The van der Waals surface area contributed by atoms with Crippen LogP contribution in [0.15, 0.2) is 103 Å². The van der Waals surface area contributed by atoms with Crippen molar-refractivity contribution >= 4 is 23.1 Å². The number of rotatable bonds is 8. The Morgan fingerprint density at radius 2 is 1.64 bits per heavy atom. The van der Waals surface area contributed by atoms with Gasteiger partial charge in [0.1, 0.15) is 18.1 Å². The van der Waals surface area contributed by atoms with Gasteiger partial charge < -0.3 is 19.3 Å². The zero-order valence-electron chi connectivity index (χ0n) is 21.4. The first-order valence-corrected chi connectivity index (χ1v) is 12.2. The van der Waals surface area contributed by atoms with Crippen LogP contribution >= 0.6 is 0 Å². The molecule has 0 saturated carbocycles. The maximum Gasteiger partial charge on any atom is 0.300 e. The van der Waals surface area contributed by atoms with Crippen molar-refractivity contribution in [3.8, 4) is 17.2 Å². The second kappa shape index (κ2) is 11.1. The van der Waals surface area contributed by atoms with Crippen molar-refractivity contribution in [3.63, 3.8) is 0 Å². The molecule has 2 heterocycles. The lowest BCUT2D eigenvalue weighted by molar-refractivity contribution is -0.132. The number of aliphatic hydroxyl groups is 1. The van der Waals surface area contributed by atoms with E-state index >= 15 is 0 Å². The molecule has 1 atom stereocenters. The Hall–Kier alpha value is -5.11. The van der Waals surface area contributed by atoms with E-state index < -0.39 is 17.7 Å². The molecule has 1 fully saturated rings. The third kappa shape index (κ3) is 5.04. The van der Waals surface area contributed by atoms with E-state index in [0.717, 1.165) is 5.56 Å². The number of pyridine rings is 1. The van der Waals surface area contributed by atoms with E-state index in [1.165, 1.54) is 19.1 Å². The summed E-state index contributed by atoms with van der Waals surface area (Å²) in [6.07, 6.45) is 3.17. The summed E-state index contributed by atoms with van der Waals surface area (Å²) < 4.78 is 16.5. The number of hydrogen-bond acceptors (Lipinski definition) is 7. The fourth-order valence-corrected chi connectivity index (χ4v) is 4.53. The lowest BCUT2D eigenvalue weighted by Crippen LogP contribution is -2.29. The average Bonchev–Trinajstić information content (AvgIpc) is 3.26. The number of ketones is 1. The molecule has 8 nitrogen and oxygen atoms in total. The number of hydrogen-bond donors (Lipinski definition) is 1. The molecule has 196 valence electrons. The molecule has 1 saturated heterocycles. The molecule has 0 radical (unpaired) electrons. The quantitative estimate of drug-likeness (QED) is 0.190. The summed E-state index contributed by atoms with van der Waals surface area (Å²) in [6.45, 7) is 0.395. The minimum absolute atomic E-state index is 0.0513. The third-order valence-electron chi connectivity index (χ3n) is 6.46. The molecular weight excluding hydrogens is 496 g/mol. The normalized spacial score (nSPS) is 16.3. The van der Waals surface area contributed by atoms with E-state index in [2.05, 4.69) is 4.98 Å². The highest BCUT2D eigenvalue weighted by Gasteiger charge is 2.47. The summed E-state index contributed by atoms with van der Waals surface area (Å²) in [5, 5.41) is 11.4. The third-order valence-corrected chi connectivity index (χ3v) is 6.46. The average molecular weight is 523 g/mol. The molecule has 8 heteroatoms. The highest BCUT2D eigenvalue weighted by molar-refractivity contribution is 6.51. The van der Waals surface area contributed by atoms with E-state index in [9.17, 15) is 14.7 Å². The van der Waals surface area contributed by atoms with Crippen molar-refractivity contribution in [1.82, 2.24) is 4.98 Å². The Labute approximate surface area is 225 Å². The van der Waals surface area contributed by atoms with Crippen molar-refractivity contribution in [1.29, 1.82) is 0 Å². The molecule has 1 amide bonds. The summed E-state index contributed by atoms with van der Waals surface area (Å²) in [5.74, 6) is -0.437. The van der Waals surface area contributed by atoms with E-state index in [4.69, 9.17) is 14.2 Å². The van der Waals surface area contributed by atoms with Gasteiger partial charge in [0.05, 0.1) is 25.8 Å². The van der Waals surface area contributed by atoms with Gasteiger partial charge in [0.25, 0.3) is 11.7 Å². The molecular formula is C31H26N2O6. The van der Waals surface area contributed by atoms with Gasteiger partial charge in [-0.15, -0.1) is 0 Å². The number of anilines is 1. The number of methoxy groups -OCH3 is 2. The SMILES string of the molecule is COc1ccc(/C(O)=C2/C(=O)C(=O)N(c3ccc(OCc4ccccc4)cc3)C2c2cccnc2)cc1OC. The number of carbonyl (C=O) groups excluding carboxylic acids is 2. The van der Waals surface area contributed by atoms with Crippen LogP contribution in [-0.4, -0.2) is 36.0 Å². The van der Waals surface area contributed by atoms with E-state index in [0.29, 0.717) is 40.7 Å². The molecule has 1 aliphatic heterocycles. The lowest BCUT2D eigenvalue weighted by atomic mass is 9.96. The van der Waals surface area contributed by atoms with Gasteiger partial charge in [0, 0.05) is 23.6 Å². The van der Waals surface area contributed by atoms with Gasteiger partial charge in [0.15, 0.2) is 11.5 Å². The van der Waals surface area contributed by atoms with Gasteiger partial charge in [0.2, 0.25) is 0 Å². The highest BCUT2D eigenvalue weighted by Crippen LogP contribution is 2.43. The number of aromatic nitrogens is 1. The van der Waals surface area contributed by atoms with Gasteiger partial charge in [-0.05, 0) is 59.7 Å². The van der Waals surface area contributed by atoms with Crippen molar-refractivity contribution < 1.29 is 28.9 Å². The van der Waals surface area contributed by atoms with Crippen molar-refractivity contribution in [2.24, 2.45) is 0 Å². The molecule has 1 aromatic heterocycles. The first-order chi connectivity index (χ1) is 19.0. The minimum atomic E-state index is -0.900. The van der Waals surface area contributed by atoms with Crippen LogP contribution in [0, 0.1) is 0 Å². The van der Waals surface area contributed by atoms with E-state index in [1.54, 1.807) is 67.0 Å². The number of benzene rings is 3. The Kier molecular flexibility index (Phi) is 7.27. The number of carbonyl (C=O) groups is 2. The molecule has 0 bridgehead atoms. The van der Waals surface area contributed by atoms with Gasteiger partial charge >= 0.3 is 0 Å². The van der Waals surface area contributed by atoms with Gasteiger partial charge in [-0.3, -0.25) is 19.5 Å². The Bertz CT molecular complexity index is 1520. The van der Waals surface area contributed by atoms with Crippen LogP contribution in [-0.2, 0) is 16.2 Å². The predicted octanol–water partition coefficient (Wildman–Crippen LogP) is 5.30. The largest absolute Gasteiger partial charge is 0.507 e. The lowest BCUT2D eigenvalue weighted by Gasteiger charge is -2.25. The molecule has 1 unspecified atom stereocenters. The predicted molar refractivity (Wildman–Crippen MR) is 146 cm³/mol. The Balaban J connectivity index is 1.53. The van der Waals surface area contributed by atoms with Crippen molar-refractivity contribution in [2.75, 3.05) is 19.1 Å². The number of ether oxygens (including phenoxy) is 3. The van der Waals surface area contributed by atoms with Crippen LogP contribution in [0.3, 0.4) is 0 Å². The summed E-state index contributed by atoms with van der Waals surface area (Å²) >= 11 is 0. The molecule has 1 N–H and O–H groups in total. The van der Waals surface area contributed by atoms with Crippen LogP contribution in [0.25, 0.3) is 5.76 Å². The smallest absolute Gasteiger partial charge is 0.300 e. The van der Waals surface area contributed by atoms with Gasteiger partial charge in [-0.2, -0.15) is 0 Å². The van der Waals surface area contributed by atoms with Crippen LogP contribution < -0.4 is 19.1 Å². The topological polar surface area (TPSA) is 98.2 Å². The van der Waals surface area contributed by atoms with Crippen LogP contribution in [0.5, 0.6) is 17.2 Å². The summed E-state index contributed by atoms with van der Waals surface area (Å²) in [6, 6.07) is 24.0. The number of Topliss-reactive ketones (excluding diaryl/α,β-unsaturated/α-hetero) is 1. The van der Waals surface area contributed by atoms with Crippen LogP contribution in [0.4, 0.5) is 5.69 Å². The Morgan fingerprint density at radius 1 is 0.897 bits per heavy atom. The first kappa shape index (κ1) is 25.5. The highest BCUT2D eigenvalue weighted by atomic mass is 16.5. The number of amides is 1. The Morgan fingerprint density at radius 3 is 2.31 bits per heavy atom. The standard InChI is InChI=1S/C31H26N2O6/c1-37-25-15-10-21(17-26(25)38-2)29(34)27-28(22-9-6-16-32-18-22)33(31(36)30(27)35)23-11-13-24(14-12-23)39-19-20-7-4-3-5-8-20/h3-18,28,34H,19H2,1-2H3/b29-27-. The van der Waals surface area contributed by atoms with Crippen LogP contribution in [0.1, 0.15) is 22.7 Å². The van der Waals surface area contributed by atoms with Crippen molar-refractivity contribution in [2.45, 2.75) is 12.6 Å². The second-order valence-corrected chi connectivity index (χ2v) is 8.79. The summed E-state index contributed by atoms with van der Waals surface area (Å²) in [7, 11) is 2.98. The zero-order chi connectivity index (χ0) is 27.4. The maximum atomic E-state index is 13.4. The fourth-order valence-electron chi connectivity index (χ4n) is 4.53. The van der Waals surface area contributed by atoms with Crippen LogP contribution in [0.2, 0.25) is 0 Å². The van der Waals surface area contributed by atoms with Gasteiger partial charge in [-0.1, -0.05) is 36.4 Å². The monoisotopic (exact) mass is 522 g/mol. The van der Waals surface area contributed by atoms with E-state index in [1.807, 2.05) is 30.3 Å². The second-order valence-electron chi connectivity index (χ2n) is 8.79. The van der Waals surface area contributed by atoms with Crippen molar-refractivity contribution in [3.05, 3.63) is 120 Å². The molecule has 39 heavy (non-hydrogen) atoms. The molecule has 1 aliphatic rings. The molecule has 4 aromatic rings. The number of nitrogens with zero attached hydrogens (tertiary/aromatic N) is 2. The first-order valence-electron chi connectivity index (χ1n) is 12.2. The molecule has 3 aromatic carbocycles. The summed E-state index contributed by atoms with van der Waals surface area (Å²) in [4.78, 5) is 32.3. The molecule has 0 spiro atoms. The summed E-state index contributed by atoms with van der Waals surface area (Å²) in [5.41, 5.74) is 2.33. The zero-order valence-corrected chi connectivity index (χ0v) is 21.4. The molecule has 5 rings (SSSR count). The molecule has 0 aliphatic carbocycles. The maximum absolute atomic E-state index is 13.4. The fraction of sp³-hybridized carbons (Fsp3) is 0.129.